The zero-order valence-electron chi connectivity index (χ0n) is 13.9. The zero-order chi connectivity index (χ0) is 15.7. The number of amides is 1. The first-order chi connectivity index (χ1) is 10.1. The van der Waals surface area contributed by atoms with Crippen molar-refractivity contribution in [3.63, 3.8) is 0 Å². The molecule has 21 heavy (non-hydrogen) atoms. The van der Waals surface area contributed by atoms with E-state index in [2.05, 4.69) is 38.0 Å². The Bertz CT molecular complexity index is 391. The van der Waals surface area contributed by atoms with Crippen LogP contribution in [0.2, 0.25) is 0 Å². The van der Waals surface area contributed by atoms with Gasteiger partial charge in [0.1, 0.15) is 0 Å². The lowest BCUT2D eigenvalue weighted by atomic mass is 9.74. The van der Waals surface area contributed by atoms with Gasteiger partial charge in [0.05, 0.1) is 0 Å². The molecule has 0 aliphatic heterocycles. The Labute approximate surface area is 129 Å². The van der Waals surface area contributed by atoms with Crippen molar-refractivity contribution in [2.45, 2.75) is 59.4 Å². The predicted octanol–water partition coefficient (Wildman–Crippen LogP) is 3.84. The van der Waals surface area contributed by atoms with Gasteiger partial charge in [-0.25, -0.2) is 0 Å². The van der Waals surface area contributed by atoms with Crippen LogP contribution in [-0.2, 0) is 11.2 Å². The van der Waals surface area contributed by atoms with E-state index in [0.717, 1.165) is 30.9 Å². The van der Waals surface area contributed by atoms with E-state index in [1.165, 1.54) is 12.8 Å². The molecule has 1 amide bonds. The van der Waals surface area contributed by atoms with Crippen LogP contribution in [0.25, 0.3) is 0 Å². The van der Waals surface area contributed by atoms with Crippen LogP contribution in [0, 0.1) is 17.8 Å². The van der Waals surface area contributed by atoms with E-state index < -0.39 is 0 Å². The summed E-state index contributed by atoms with van der Waals surface area (Å²) >= 11 is 0. The maximum atomic E-state index is 10.4. The topological polar surface area (TPSA) is 42.0 Å². The maximum Gasteiger partial charge on any atom is 0.207 e. The third-order valence-electron chi connectivity index (χ3n) is 4.39. The number of nitrogens with zero attached hydrogens (tertiary/aromatic N) is 1. The van der Waals surface area contributed by atoms with Crippen molar-refractivity contribution in [2.75, 3.05) is 0 Å². The summed E-state index contributed by atoms with van der Waals surface area (Å²) in [4.78, 5) is 14.5. The summed E-state index contributed by atoms with van der Waals surface area (Å²) in [5.74, 6) is 2.14. The standard InChI is InChI=1S/C11H21NO.C7H9N/c1-8(2)10-5-4-9(3)6-11(10)12-7-13;1-2-7-5-3-4-6-8-7/h7-11H,4-6H2,1-3H3,(H,12,13);3-6H,2H2,1H3. The van der Waals surface area contributed by atoms with Crippen LogP contribution in [0.5, 0.6) is 0 Å². The molecule has 2 rings (SSSR count). The molecule has 1 aliphatic carbocycles. The first-order valence-electron chi connectivity index (χ1n) is 8.18. The summed E-state index contributed by atoms with van der Waals surface area (Å²) in [6.07, 6.45) is 7.45. The van der Waals surface area contributed by atoms with Gasteiger partial charge in [-0.05, 0) is 49.1 Å². The van der Waals surface area contributed by atoms with Gasteiger partial charge in [-0.2, -0.15) is 0 Å². The number of carbonyl (C=O) groups is 1. The largest absolute Gasteiger partial charge is 0.356 e. The third-order valence-corrected chi connectivity index (χ3v) is 4.39. The lowest BCUT2D eigenvalue weighted by Crippen LogP contribution is -2.42. The first kappa shape index (κ1) is 17.7. The molecule has 1 saturated carbocycles. The van der Waals surface area contributed by atoms with Crippen LogP contribution >= 0.6 is 0 Å². The molecule has 1 heterocycles. The molecule has 1 fully saturated rings. The molecule has 1 aliphatic rings. The van der Waals surface area contributed by atoms with Crippen molar-refractivity contribution >= 4 is 6.41 Å². The summed E-state index contributed by atoms with van der Waals surface area (Å²) in [6, 6.07) is 6.38. The molecular weight excluding hydrogens is 260 g/mol. The van der Waals surface area contributed by atoms with Gasteiger partial charge in [-0.1, -0.05) is 40.2 Å². The fraction of sp³-hybridized carbons (Fsp3) is 0.667. The van der Waals surface area contributed by atoms with Crippen molar-refractivity contribution in [2.24, 2.45) is 17.8 Å². The molecule has 3 heteroatoms. The molecule has 0 bridgehead atoms. The molecular formula is C18H30N2O. The summed E-state index contributed by atoms with van der Waals surface area (Å²) < 4.78 is 0. The highest BCUT2D eigenvalue weighted by atomic mass is 16.1. The predicted molar refractivity (Wildman–Crippen MR) is 87.9 cm³/mol. The molecule has 118 valence electrons. The normalized spacial score (nSPS) is 24.9. The van der Waals surface area contributed by atoms with E-state index >= 15 is 0 Å². The van der Waals surface area contributed by atoms with Crippen molar-refractivity contribution in [3.8, 4) is 0 Å². The minimum absolute atomic E-state index is 0.418. The Kier molecular flexibility index (Phi) is 8.03. The Morgan fingerprint density at radius 1 is 1.38 bits per heavy atom. The van der Waals surface area contributed by atoms with Gasteiger partial charge in [0.2, 0.25) is 6.41 Å². The SMILES string of the molecule is CC1CCC(C(C)C)C(NC=O)C1.CCc1ccccn1. The lowest BCUT2D eigenvalue weighted by molar-refractivity contribution is -0.111. The van der Waals surface area contributed by atoms with Crippen LogP contribution in [0.15, 0.2) is 24.4 Å². The highest BCUT2D eigenvalue weighted by molar-refractivity contribution is 5.46. The van der Waals surface area contributed by atoms with Crippen molar-refractivity contribution in [1.82, 2.24) is 10.3 Å². The van der Waals surface area contributed by atoms with Crippen molar-refractivity contribution in [1.29, 1.82) is 0 Å². The average Bonchev–Trinajstić information content (AvgIpc) is 2.49. The van der Waals surface area contributed by atoms with Gasteiger partial charge < -0.3 is 5.32 Å². The summed E-state index contributed by atoms with van der Waals surface area (Å²) in [7, 11) is 0. The Morgan fingerprint density at radius 3 is 2.62 bits per heavy atom. The lowest BCUT2D eigenvalue weighted by Gasteiger charge is -2.36. The number of aryl methyl sites for hydroxylation is 1. The number of pyridine rings is 1. The molecule has 0 aromatic carbocycles. The van der Waals surface area contributed by atoms with E-state index in [1.54, 1.807) is 0 Å². The maximum absolute atomic E-state index is 10.4. The fourth-order valence-corrected chi connectivity index (χ4v) is 3.09. The van der Waals surface area contributed by atoms with E-state index in [9.17, 15) is 4.79 Å². The third kappa shape index (κ3) is 6.28. The second-order valence-electron chi connectivity index (χ2n) is 6.39. The van der Waals surface area contributed by atoms with Gasteiger partial charge in [-0.3, -0.25) is 9.78 Å². The number of carbonyl (C=O) groups excluding carboxylic acids is 1. The highest BCUT2D eigenvalue weighted by Gasteiger charge is 2.29. The Morgan fingerprint density at radius 2 is 2.14 bits per heavy atom. The van der Waals surface area contributed by atoms with E-state index in [0.29, 0.717) is 17.9 Å². The quantitative estimate of drug-likeness (QED) is 0.856. The number of nitrogens with one attached hydrogen (secondary N) is 1. The van der Waals surface area contributed by atoms with Crippen molar-refractivity contribution < 1.29 is 4.79 Å². The molecule has 3 atom stereocenters. The van der Waals surface area contributed by atoms with E-state index in [4.69, 9.17) is 0 Å². The van der Waals surface area contributed by atoms with Crippen LogP contribution in [-0.4, -0.2) is 17.4 Å². The molecule has 0 radical (unpaired) electrons. The van der Waals surface area contributed by atoms with Gasteiger partial charge >= 0.3 is 0 Å². The minimum atomic E-state index is 0.418. The molecule has 0 saturated heterocycles. The second kappa shape index (κ2) is 9.54. The summed E-state index contributed by atoms with van der Waals surface area (Å²) in [5.41, 5.74) is 1.16. The molecule has 3 nitrogen and oxygen atoms in total. The van der Waals surface area contributed by atoms with Gasteiger partial charge in [0.15, 0.2) is 0 Å². The molecule has 1 N–H and O–H groups in total. The number of hydrogen-bond donors (Lipinski definition) is 1. The van der Waals surface area contributed by atoms with Crippen LogP contribution in [0.3, 0.4) is 0 Å². The molecule has 1 aromatic rings. The Balaban J connectivity index is 0.000000235. The first-order valence-corrected chi connectivity index (χ1v) is 8.18. The molecule has 3 unspecified atom stereocenters. The number of aromatic nitrogens is 1. The van der Waals surface area contributed by atoms with E-state index in [-0.39, 0.29) is 0 Å². The fourth-order valence-electron chi connectivity index (χ4n) is 3.09. The number of hydrogen-bond acceptors (Lipinski definition) is 2. The minimum Gasteiger partial charge on any atom is -0.356 e. The van der Waals surface area contributed by atoms with Crippen LogP contribution in [0.1, 0.15) is 52.7 Å². The highest BCUT2D eigenvalue weighted by Crippen LogP contribution is 2.33. The Hall–Kier alpha value is -1.38. The summed E-state index contributed by atoms with van der Waals surface area (Å²) in [5, 5.41) is 2.97. The average molecular weight is 290 g/mol. The van der Waals surface area contributed by atoms with Crippen LogP contribution < -0.4 is 5.32 Å². The zero-order valence-corrected chi connectivity index (χ0v) is 13.9. The smallest absolute Gasteiger partial charge is 0.207 e. The van der Waals surface area contributed by atoms with Crippen molar-refractivity contribution in [3.05, 3.63) is 30.1 Å². The van der Waals surface area contributed by atoms with Gasteiger partial charge in [0, 0.05) is 17.9 Å². The second-order valence-corrected chi connectivity index (χ2v) is 6.39. The van der Waals surface area contributed by atoms with Crippen LogP contribution in [0.4, 0.5) is 0 Å². The monoisotopic (exact) mass is 290 g/mol. The summed E-state index contributed by atoms with van der Waals surface area (Å²) in [6.45, 7) is 8.87. The van der Waals surface area contributed by atoms with Gasteiger partial charge in [0.25, 0.3) is 0 Å². The molecule has 1 aromatic heterocycles. The molecule has 0 spiro atoms. The van der Waals surface area contributed by atoms with E-state index in [1.807, 2.05) is 24.4 Å². The van der Waals surface area contributed by atoms with Gasteiger partial charge in [-0.15, -0.1) is 0 Å². The number of rotatable bonds is 4.